The molecule has 1 aromatic carbocycles. The van der Waals surface area contributed by atoms with Crippen molar-refractivity contribution in [3.63, 3.8) is 0 Å². The van der Waals surface area contributed by atoms with Crippen LogP contribution < -0.4 is 5.32 Å². The fourth-order valence-electron chi connectivity index (χ4n) is 3.61. The second-order valence-corrected chi connectivity index (χ2v) is 7.09. The van der Waals surface area contributed by atoms with Gasteiger partial charge >= 0.3 is 0 Å². The van der Waals surface area contributed by atoms with Gasteiger partial charge < -0.3 is 10.1 Å². The van der Waals surface area contributed by atoms with Gasteiger partial charge in [0.05, 0.1) is 18.3 Å². The summed E-state index contributed by atoms with van der Waals surface area (Å²) in [4.78, 5) is 0. The Hall–Kier alpha value is -2.54. The Morgan fingerprint density at radius 2 is 2.00 bits per heavy atom. The maximum absolute atomic E-state index is 14.1. The molecule has 2 heterocycles. The molecule has 2 atom stereocenters. The van der Waals surface area contributed by atoms with Crippen LogP contribution in [0.3, 0.4) is 0 Å². The number of ether oxygens (including phenoxy) is 1. The summed E-state index contributed by atoms with van der Waals surface area (Å²) in [7, 11) is 0. The summed E-state index contributed by atoms with van der Waals surface area (Å²) in [5.41, 5.74) is 0.954. The van der Waals surface area contributed by atoms with Crippen LogP contribution in [0, 0.1) is 11.7 Å². The molecule has 142 valence electrons. The number of benzene rings is 1. The van der Waals surface area contributed by atoms with E-state index in [0.29, 0.717) is 48.0 Å². The second-order valence-electron chi connectivity index (χ2n) is 7.09. The second kappa shape index (κ2) is 8.00. The van der Waals surface area contributed by atoms with Gasteiger partial charge in [-0.2, -0.15) is 4.52 Å². The normalized spacial score (nSPS) is 20.1. The smallest absolute Gasteiger partial charge is 0.188 e. The largest absolute Gasteiger partial charge is 0.376 e. The fourth-order valence-corrected chi connectivity index (χ4v) is 3.61. The Bertz CT molecular complexity index is 912. The third kappa shape index (κ3) is 3.93. The monoisotopic (exact) mass is 369 g/mol. The van der Waals surface area contributed by atoms with Crippen LogP contribution in [0.4, 0.5) is 10.2 Å². The van der Waals surface area contributed by atoms with E-state index < -0.39 is 0 Å². The molecule has 6 nitrogen and oxygen atoms in total. The van der Waals surface area contributed by atoms with Gasteiger partial charge in [0.25, 0.3) is 0 Å². The molecule has 3 aromatic rings. The van der Waals surface area contributed by atoms with Crippen molar-refractivity contribution in [3.8, 4) is 11.4 Å². The standard InChI is InChI=1S/C20H24FN5O/c1-14-6-2-5-9-17(14)27-13-12-22-18-10-11-19-23-24-20(26(19)25-18)15-7-3-4-8-16(15)21/h3-4,7-8,10-11,14,17H,2,5-6,9,12-13H2,1H3,(H,22,25)/t14-,17-/m0/s1. The summed E-state index contributed by atoms with van der Waals surface area (Å²) in [5, 5.41) is 15.9. The van der Waals surface area contributed by atoms with Crippen LogP contribution in [-0.2, 0) is 4.74 Å². The molecule has 2 aromatic heterocycles. The average molecular weight is 369 g/mol. The van der Waals surface area contributed by atoms with E-state index in [-0.39, 0.29) is 5.82 Å². The number of fused-ring (bicyclic) bond motifs is 1. The van der Waals surface area contributed by atoms with E-state index >= 15 is 0 Å². The van der Waals surface area contributed by atoms with E-state index in [4.69, 9.17) is 4.74 Å². The molecule has 1 aliphatic rings. The maximum atomic E-state index is 14.1. The van der Waals surface area contributed by atoms with Gasteiger partial charge in [-0.3, -0.25) is 0 Å². The Kier molecular flexibility index (Phi) is 5.29. The lowest BCUT2D eigenvalue weighted by Gasteiger charge is -2.28. The first kappa shape index (κ1) is 17.9. The molecule has 0 amide bonds. The van der Waals surface area contributed by atoms with E-state index in [1.165, 1.54) is 25.3 Å². The SMILES string of the molecule is C[C@H]1CCCC[C@@H]1OCCNc1ccc2nnc(-c3ccccc3F)n2n1. The van der Waals surface area contributed by atoms with E-state index in [1.807, 2.05) is 12.1 Å². The van der Waals surface area contributed by atoms with Gasteiger partial charge in [-0.1, -0.05) is 31.9 Å². The summed E-state index contributed by atoms with van der Waals surface area (Å²) in [5.74, 6) is 1.36. The zero-order valence-electron chi connectivity index (χ0n) is 15.4. The van der Waals surface area contributed by atoms with Gasteiger partial charge in [-0.05, 0) is 43.0 Å². The Balaban J connectivity index is 1.42. The quantitative estimate of drug-likeness (QED) is 0.667. The number of aromatic nitrogens is 4. The summed E-state index contributed by atoms with van der Waals surface area (Å²) in [6.45, 7) is 3.57. The lowest BCUT2D eigenvalue weighted by molar-refractivity contribution is 0.000368. The third-order valence-corrected chi connectivity index (χ3v) is 5.15. The summed E-state index contributed by atoms with van der Waals surface area (Å²) in [6.07, 6.45) is 5.34. The van der Waals surface area contributed by atoms with Gasteiger partial charge in [-0.25, -0.2) is 4.39 Å². The lowest BCUT2D eigenvalue weighted by Crippen LogP contribution is -2.27. The van der Waals surface area contributed by atoms with Crippen molar-refractivity contribution in [2.75, 3.05) is 18.5 Å². The number of nitrogens with zero attached hydrogens (tertiary/aromatic N) is 4. The number of hydrogen-bond donors (Lipinski definition) is 1. The van der Waals surface area contributed by atoms with E-state index in [1.54, 1.807) is 22.7 Å². The van der Waals surface area contributed by atoms with Crippen LogP contribution in [0.5, 0.6) is 0 Å². The van der Waals surface area contributed by atoms with Gasteiger partial charge in [0.2, 0.25) is 0 Å². The molecule has 0 unspecified atom stereocenters. The molecule has 4 rings (SSSR count). The molecule has 0 radical (unpaired) electrons. The molecule has 0 bridgehead atoms. The van der Waals surface area contributed by atoms with Crippen LogP contribution >= 0.6 is 0 Å². The first-order chi connectivity index (χ1) is 13.2. The highest BCUT2D eigenvalue weighted by atomic mass is 19.1. The summed E-state index contributed by atoms with van der Waals surface area (Å²) >= 11 is 0. The third-order valence-electron chi connectivity index (χ3n) is 5.15. The van der Waals surface area contributed by atoms with E-state index in [0.717, 1.165) is 6.42 Å². The number of anilines is 1. The van der Waals surface area contributed by atoms with Crippen molar-refractivity contribution in [1.29, 1.82) is 0 Å². The molecular formula is C20H24FN5O. The fraction of sp³-hybridized carbons (Fsp3) is 0.450. The molecule has 1 fully saturated rings. The zero-order valence-corrected chi connectivity index (χ0v) is 15.4. The van der Waals surface area contributed by atoms with Crippen LogP contribution in [0.2, 0.25) is 0 Å². The van der Waals surface area contributed by atoms with Crippen LogP contribution in [0.25, 0.3) is 17.0 Å². The van der Waals surface area contributed by atoms with Crippen molar-refractivity contribution in [2.45, 2.75) is 38.7 Å². The molecule has 1 aliphatic carbocycles. The molecule has 27 heavy (non-hydrogen) atoms. The van der Waals surface area contributed by atoms with Crippen molar-refractivity contribution < 1.29 is 9.13 Å². The predicted octanol–water partition coefficient (Wildman–Crippen LogP) is 3.94. The van der Waals surface area contributed by atoms with Gasteiger partial charge in [0.1, 0.15) is 11.6 Å². The highest BCUT2D eigenvalue weighted by Crippen LogP contribution is 2.26. The Morgan fingerprint density at radius 3 is 2.85 bits per heavy atom. The highest BCUT2D eigenvalue weighted by Gasteiger charge is 2.21. The van der Waals surface area contributed by atoms with Gasteiger partial charge in [0.15, 0.2) is 11.5 Å². The molecule has 7 heteroatoms. The minimum atomic E-state index is -0.345. The number of nitrogens with one attached hydrogen (secondary N) is 1. The summed E-state index contributed by atoms with van der Waals surface area (Å²) in [6, 6.07) is 10.2. The minimum Gasteiger partial charge on any atom is -0.376 e. The van der Waals surface area contributed by atoms with E-state index in [9.17, 15) is 4.39 Å². The van der Waals surface area contributed by atoms with Crippen LogP contribution in [0.15, 0.2) is 36.4 Å². The first-order valence-corrected chi connectivity index (χ1v) is 9.55. The molecule has 0 spiro atoms. The number of hydrogen-bond acceptors (Lipinski definition) is 5. The molecule has 0 saturated heterocycles. The average Bonchev–Trinajstić information content (AvgIpc) is 3.10. The topological polar surface area (TPSA) is 64.3 Å². The number of halogens is 1. The maximum Gasteiger partial charge on any atom is 0.188 e. The first-order valence-electron chi connectivity index (χ1n) is 9.55. The Labute approximate surface area is 157 Å². The van der Waals surface area contributed by atoms with Crippen molar-refractivity contribution >= 4 is 11.5 Å². The van der Waals surface area contributed by atoms with Crippen molar-refractivity contribution in [1.82, 2.24) is 19.8 Å². The number of rotatable bonds is 6. The highest BCUT2D eigenvalue weighted by molar-refractivity contribution is 5.60. The van der Waals surface area contributed by atoms with Gasteiger partial charge in [-0.15, -0.1) is 15.3 Å². The van der Waals surface area contributed by atoms with E-state index in [2.05, 4.69) is 27.5 Å². The van der Waals surface area contributed by atoms with Gasteiger partial charge in [0, 0.05) is 6.54 Å². The molecule has 1 saturated carbocycles. The van der Waals surface area contributed by atoms with Crippen LogP contribution in [-0.4, -0.2) is 39.1 Å². The Morgan fingerprint density at radius 1 is 1.15 bits per heavy atom. The lowest BCUT2D eigenvalue weighted by atomic mass is 9.88. The predicted molar refractivity (Wildman–Crippen MR) is 102 cm³/mol. The molecular weight excluding hydrogens is 345 g/mol. The van der Waals surface area contributed by atoms with Crippen molar-refractivity contribution in [2.24, 2.45) is 5.92 Å². The molecule has 1 N–H and O–H groups in total. The minimum absolute atomic E-state index is 0.345. The van der Waals surface area contributed by atoms with Crippen LogP contribution in [0.1, 0.15) is 32.6 Å². The van der Waals surface area contributed by atoms with Crippen molar-refractivity contribution in [3.05, 3.63) is 42.2 Å². The summed E-state index contributed by atoms with van der Waals surface area (Å²) < 4.78 is 21.7. The molecule has 0 aliphatic heterocycles. The zero-order chi connectivity index (χ0) is 18.6.